The van der Waals surface area contributed by atoms with Crippen LogP contribution in [0.1, 0.15) is 29.8 Å². The maximum absolute atomic E-state index is 9.73. The van der Waals surface area contributed by atoms with Gasteiger partial charge in [0.2, 0.25) is 0 Å². The van der Waals surface area contributed by atoms with Gasteiger partial charge in [0.15, 0.2) is 0 Å². The molecule has 1 aromatic heterocycles. The van der Waals surface area contributed by atoms with Gasteiger partial charge in [-0.05, 0) is 48.7 Å². The molecule has 174 valence electrons. The zero-order valence-electron chi connectivity index (χ0n) is 19.2. The molecule has 0 atom stereocenters. The summed E-state index contributed by atoms with van der Waals surface area (Å²) in [5.41, 5.74) is 5.63. The van der Waals surface area contributed by atoms with E-state index < -0.39 is 0 Å². The molecule has 5 rings (SSSR count). The highest BCUT2D eigenvalue weighted by molar-refractivity contribution is 5.69. The summed E-state index contributed by atoms with van der Waals surface area (Å²) in [6, 6.07) is 19.1. The van der Waals surface area contributed by atoms with Gasteiger partial charge in [-0.15, -0.1) is 0 Å². The summed E-state index contributed by atoms with van der Waals surface area (Å²) in [6.07, 6.45) is 4.36. The third-order valence-electron chi connectivity index (χ3n) is 6.40. The highest BCUT2D eigenvalue weighted by atomic mass is 16.5. The maximum atomic E-state index is 9.73. The lowest BCUT2D eigenvalue weighted by atomic mass is 10.0. The number of hydrogen-bond donors (Lipinski definition) is 1. The summed E-state index contributed by atoms with van der Waals surface area (Å²) in [4.78, 5) is 11.6. The van der Waals surface area contributed by atoms with Gasteiger partial charge in [-0.1, -0.05) is 18.2 Å². The molecule has 2 aliphatic rings. The lowest BCUT2D eigenvalue weighted by Gasteiger charge is -2.28. The van der Waals surface area contributed by atoms with Gasteiger partial charge in [-0.2, -0.15) is 5.26 Å². The van der Waals surface area contributed by atoms with E-state index in [1.807, 2.05) is 24.3 Å². The van der Waals surface area contributed by atoms with Gasteiger partial charge in [0.1, 0.15) is 11.9 Å². The van der Waals surface area contributed by atoms with Crippen molar-refractivity contribution in [3.63, 3.8) is 0 Å². The lowest BCUT2D eigenvalue weighted by molar-refractivity contribution is 0.0904. The molecule has 0 radical (unpaired) electrons. The largest absolute Gasteiger partial charge is 0.381 e. The minimum atomic E-state index is 0.340. The predicted octanol–water partition coefficient (Wildman–Crippen LogP) is 4.03. The average Bonchev–Trinajstić information content (AvgIpc) is 2.91. The Morgan fingerprint density at radius 1 is 0.971 bits per heavy atom. The van der Waals surface area contributed by atoms with Crippen LogP contribution in [0, 0.1) is 11.3 Å². The minimum Gasteiger partial charge on any atom is -0.381 e. The third-order valence-corrected chi connectivity index (χ3v) is 6.40. The second-order valence-electron chi connectivity index (χ2n) is 8.70. The van der Waals surface area contributed by atoms with Crippen molar-refractivity contribution < 1.29 is 9.47 Å². The Morgan fingerprint density at radius 3 is 2.50 bits per heavy atom. The Morgan fingerprint density at radius 2 is 1.74 bits per heavy atom. The lowest BCUT2D eigenvalue weighted by Crippen LogP contribution is -2.36. The van der Waals surface area contributed by atoms with Crippen molar-refractivity contribution in [1.29, 1.82) is 5.26 Å². The molecule has 1 N–H and O–H groups in total. The highest BCUT2D eigenvalue weighted by Crippen LogP contribution is 2.26. The van der Waals surface area contributed by atoms with Crippen LogP contribution in [0.2, 0.25) is 0 Å². The van der Waals surface area contributed by atoms with E-state index in [4.69, 9.17) is 14.5 Å². The van der Waals surface area contributed by atoms with E-state index >= 15 is 0 Å². The van der Waals surface area contributed by atoms with Crippen LogP contribution in [0.3, 0.4) is 0 Å². The third kappa shape index (κ3) is 5.36. The average molecular weight is 456 g/mol. The Kier molecular flexibility index (Phi) is 6.99. The molecule has 2 aliphatic heterocycles. The van der Waals surface area contributed by atoms with Crippen LogP contribution in [-0.4, -0.2) is 55.5 Å². The molecule has 0 aliphatic carbocycles. The first-order chi connectivity index (χ1) is 16.8. The molecule has 0 amide bonds. The fourth-order valence-corrected chi connectivity index (χ4v) is 4.46. The molecule has 2 aromatic carbocycles. The number of nitrogens with zero attached hydrogens (tertiary/aromatic N) is 4. The normalized spacial score (nSPS) is 16.7. The molecule has 0 saturated carbocycles. The number of morpholine rings is 1. The SMILES string of the molecule is N#Cc1cc(-c2ccnc(Cc3ccc(N4CCOCC4)cc3)n2)ccc1NC1CCOCC1. The zero-order chi connectivity index (χ0) is 23.2. The van der Waals surface area contributed by atoms with Crippen molar-refractivity contribution in [2.75, 3.05) is 49.7 Å². The standard InChI is InChI=1S/C27H29N5O2/c28-19-22-18-21(3-6-25(22)30-23-8-13-33-14-9-23)26-7-10-29-27(31-26)17-20-1-4-24(5-2-20)32-11-15-34-16-12-32/h1-7,10,18,23,30H,8-9,11-17H2. The smallest absolute Gasteiger partial charge is 0.133 e. The number of ether oxygens (including phenoxy) is 2. The molecule has 7 nitrogen and oxygen atoms in total. The van der Waals surface area contributed by atoms with Crippen molar-refractivity contribution >= 4 is 11.4 Å². The fraction of sp³-hybridized carbons (Fsp3) is 0.370. The second-order valence-corrected chi connectivity index (χ2v) is 8.70. The van der Waals surface area contributed by atoms with E-state index in [0.29, 0.717) is 18.0 Å². The molecule has 2 fully saturated rings. The van der Waals surface area contributed by atoms with Crippen LogP contribution in [-0.2, 0) is 15.9 Å². The van der Waals surface area contributed by atoms with Crippen LogP contribution in [0.5, 0.6) is 0 Å². The summed E-state index contributed by atoms with van der Waals surface area (Å²) < 4.78 is 10.9. The zero-order valence-corrected chi connectivity index (χ0v) is 19.2. The number of nitrogens with one attached hydrogen (secondary N) is 1. The Labute approximate surface area is 200 Å². The number of aromatic nitrogens is 2. The molecule has 7 heteroatoms. The van der Waals surface area contributed by atoms with Gasteiger partial charge in [-0.3, -0.25) is 0 Å². The van der Waals surface area contributed by atoms with Crippen LogP contribution in [0.25, 0.3) is 11.3 Å². The second kappa shape index (κ2) is 10.6. The summed E-state index contributed by atoms with van der Waals surface area (Å²) in [5.74, 6) is 0.763. The van der Waals surface area contributed by atoms with E-state index in [0.717, 1.165) is 75.1 Å². The molecule has 0 spiro atoms. The summed E-state index contributed by atoms with van der Waals surface area (Å²) in [5, 5.41) is 13.2. The molecule has 34 heavy (non-hydrogen) atoms. The van der Waals surface area contributed by atoms with Gasteiger partial charge < -0.3 is 19.7 Å². The van der Waals surface area contributed by atoms with Crippen molar-refractivity contribution in [3.05, 3.63) is 71.7 Å². The van der Waals surface area contributed by atoms with Gasteiger partial charge >= 0.3 is 0 Å². The van der Waals surface area contributed by atoms with Crippen LogP contribution >= 0.6 is 0 Å². The number of benzene rings is 2. The fourth-order valence-electron chi connectivity index (χ4n) is 4.46. The molecule has 2 saturated heterocycles. The Balaban J connectivity index is 1.29. The van der Waals surface area contributed by atoms with E-state index in [-0.39, 0.29) is 0 Å². The summed E-state index contributed by atoms with van der Waals surface area (Å²) in [6.45, 7) is 4.94. The molecule has 3 heterocycles. The number of rotatable bonds is 6. The minimum absolute atomic E-state index is 0.340. The van der Waals surface area contributed by atoms with Gasteiger partial charge in [0, 0.05) is 56.2 Å². The summed E-state index contributed by atoms with van der Waals surface area (Å²) in [7, 11) is 0. The van der Waals surface area contributed by atoms with Crippen molar-refractivity contribution in [1.82, 2.24) is 9.97 Å². The summed E-state index contributed by atoms with van der Waals surface area (Å²) >= 11 is 0. The molecule has 3 aromatic rings. The first-order valence-corrected chi connectivity index (χ1v) is 11.9. The molecular weight excluding hydrogens is 426 g/mol. The first kappa shape index (κ1) is 22.3. The monoisotopic (exact) mass is 455 g/mol. The van der Waals surface area contributed by atoms with Crippen molar-refractivity contribution in [3.8, 4) is 17.3 Å². The predicted molar refractivity (Wildman–Crippen MR) is 132 cm³/mol. The molecular formula is C27H29N5O2. The number of nitriles is 1. The Bertz CT molecular complexity index is 1150. The van der Waals surface area contributed by atoms with Crippen LogP contribution in [0.4, 0.5) is 11.4 Å². The van der Waals surface area contributed by atoms with Gasteiger partial charge in [-0.25, -0.2) is 9.97 Å². The van der Waals surface area contributed by atoms with Crippen LogP contribution in [0.15, 0.2) is 54.7 Å². The quantitative estimate of drug-likeness (QED) is 0.601. The number of hydrogen-bond acceptors (Lipinski definition) is 7. The van der Waals surface area contributed by atoms with E-state index in [9.17, 15) is 5.26 Å². The Hall–Kier alpha value is -3.47. The molecule has 0 bridgehead atoms. The highest BCUT2D eigenvalue weighted by Gasteiger charge is 2.16. The van der Waals surface area contributed by atoms with Crippen LogP contribution < -0.4 is 10.2 Å². The van der Waals surface area contributed by atoms with Crippen molar-refractivity contribution in [2.24, 2.45) is 0 Å². The van der Waals surface area contributed by atoms with E-state index in [1.165, 1.54) is 11.3 Å². The maximum Gasteiger partial charge on any atom is 0.133 e. The van der Waals surface area contributed by atoms with Gasteiger partial charge in [0.25, 0.3) is 0 Å². The topological polar surface area (TPSA) is 83.3 Å². The van der Waals surface area contributed by atoms with Gasteiger partial charge in [0.05, 0.1) is 30.2 Å². The van der Waals surface area contributed by atoms with E-state index in [2.05, 4.69) is 45.5 Å². The first-order valence-electron chi connectivity index (χ1n) is 11.9. The van der Waals surface area contributed by atoms with E-state index in [1.54, 1.807) is 6.20 Å². The number of anilines is 2. The molecule has 0 unspecified atom stereocenters. The van der Waals surface area contributed by atoms with Crippen molar-refractivity contribution in [2.45, 2.75) is 25.3 Å².